The number of rotatable bonds is 59. The Labute approximate surface area is 439 Å². The summed E-state index contributed by atoms with van der Waals surface area (Å²) < 4.78 is 0. The zero-order valence-electron chi connectivity index (χ0n) is 47.6. The Morgan fingerprint density at radius 1 is 0.329 bits per heavy atom. The van der Waals surface area contributed by atoms with E-state index in [0.29, 0.717) is 6.42 Å². The molecule has 0 spiro atoms. The van der Waals surface area contributed by atoms with Gasteiger partial charge in [0.05, 0.1) is 18.8 Å². The Kier molecular flexibility index (Phi) is 60.2. The molecule has 0 radical (unpaired) electrons. The second-order valence-electron chi connectivity index (χ2n) is 21.8. The third kappa shape index (κ3) is 57.3. The van der Waals surface area contributed by atoms with Crippen LogP contribution in [0.15, 0.2) is 48.6 Å². The minimum atomic E-state index is -0.870. The Balaban J connectivity index is 3.42. The number of allylic oxidation sites excluding steroid dienone is 7. The number of carbonyl (C=O) groups is 1. The SMILES string of the molecule is CCCCCCCCCC/C=C\CCCCCCCCCCCCCCCCCCCCCCCCCCCCCC(=O)NC(CO)C(O)/C=C/CC/C=C/CC/C=C/CCCCCCCCCCC. The van der Waals surface area contributed by atoms with E-state index in [9.17, 15) is 15.0 Å². The number of nitrogens with one attached hydrogen (secondary N) is 1. The fourth-order valence-corrected chi connectivity index (χ4v) is 9.92. The van der Waals surface area contributed by atoms with Crippen LogP contribution in [0, 0.1) is 0 Å². The zero-order valence-corrected chi connectivity index (χ0v) is 47.6. The molecule has 0 aliphatic rings. The number of unbranched alkanes of at least 4 members (excludes halogenated alkanes) is 46. The summed E-state index contributed by atoms with van der Waals surface area (Å²) in [5, 5.41) is 23.2. The van der Waals surface area contributed by atoms with Crippen LogP contribution in [0.5, 0.6) is 0 Å². The van der Waals surface area contributed by atoms with E-state index in [2.05, 4.69) is 55.6 Å². The van der Waals surface area contributed by atoms with Crippen LogP contribution in [0.3, 0.4) is 0 Å². The molecule has 0 aromatic rings. The van der Waals surface area contributed by atoms with Crippen LogP contribution in [0.2, 0.25) is 0 Å². The molecule has 4 nitrogen and oxygen atoms in total. The van der Waals surface area contributed by atoms with Gasteiger partial charge in [-0.15, -0.1) is 0 Å². The van der Waals surface area contributed by atoms with Crippen LogP contribution >= 0.6 is 0 Å². The van der Waals surface area contributed by atoms with Crippen molar-refractivity contribution in [3.05, 3.63) is 48.6 Å². The van der Waals surface area contributed by atoms with Gasteiger partial charge in [-0.1, -0.05) is 319 Å². The van der Waals surface area contributed by atoms with Crippen LogP contribution in [-0.4, -0.2) is 34.9 Å². The average molecular weight is 981 g/mol. The van der Waals surface area contributed by atoms with Crippen molar-refractivity contribution >= 4 is 5.91 Å². The van der Waals surface area contributed by atoms with Crippen molar-refractivity contribution in [2.24, 2.45) is 0 Å². The van der Waals surface area contributed by atoms with Crippen LogP contribution in [0.4, 0.5) is 0 Å². The second kappa shape index (κ2) is 61.6. The van der Waals surface area contributed by atoms with Crippen LogP contribution in [0.1, 0.15) is 348 Å². The largest absolute Gasteiger partial charge is 0.394 e. The van der Waals surface area contributed by atoms with Crippen molar-refractivity contribution in [1.82, 2.24) is 5.32 Å². The standard InChI is InChI=1S/C66H125NO3/c1-3-5-7-9-11-13-15-17-19-21-23-24-25-26-27-28-29-30-31-32-33-34-35-36-37-38-39-40-41-42-44-46-48-50-52-54-56-58-60-62-66(70)67-64(63-68)65(69)61-59-57-55-53-51-49-47-45-43-22-20-18-16-14-12-10-8-6-4-2/h21,23,43,45,51,53,59,61,64-65,68-69H,3-20,22,24-42,44,46-50,52,54-58,60,62-63H2,1-2H3,(H,67,70)/b23-21-,45-43+,53-51+,61-59+. The molecule has 3 N–H and O–H groups in total. The minimum absolute atomic E-state index is 0.0721. The molecule has 70 heavy (non-hydrogen) atoms. The Morgan fingerprint density at radius 3 is 0.829 bits per heavy atom. The molecule has 0 aliphatic carbocycles. The summed E-state index contributed by atoms with van der Waals surface area (Å²) in [6.07, 6.45) is 86.1. The van der Waals surface area contributed by atoms with Gasteiger partial charge in [0.15, 0.2) is 0 Å². The molecule has 0 aliphatic heterocycles. The van der Waals surface area contributed by atoms with Gasteiger partial charge in [0.25, 0.3) is 0 Å². The highest BCUT2D eigenvalue weighted by Gasteiger charge is 2.18. The summed E-state index contributed by atoms with van der Waals surface area (Å²) in [4.78, 5) is 12.5. The summed E-state index contributed by atoms with van der Waals surface area (Å²) in [5.41, 5.74) is 0. The lowest BCUT2D eigenvalue weighted by Gasteiger charge is -2.19. The van der Waals surface area contributed by atoms with Crippen molar-refractivity contribution < 1.29 is 15.0 Å². The first-order valence-corrected chi connectivity index (χ1v) is 31.9. The minimum Gasteiger partial charge on any atom is -0.394 e. The lowest BCUT2D eigenvalue weighted by molar-refractivity contribution is -0.123. The molecule has 0 fully saturated rings. The van der Waals surface area contributed by atoms with Crippen molar-refractivity contribution in [1.29, 1.82) is 0 Å². The molecule has 4 heteroatoms. The monoisotopic (exact) mass is 980 g/mol. The summed E-state index contributed by atoms with van der Waals surface area (Å²) in [5.74, 6) is -0.0721. The van der Waals surface area contributed by atoms with E-state index in [-0.39, 0.29) is 12.5 Å². The Bertz CT molecular complexity index is 1110. The predicted octanol–water partition coefficient (Wildman–Crippen LogP) is 21.4. The van der Waals surface area contributed by atoms with E-state index in [1.165, 1.54) is 289 Å². The smallest absolute Gasteiger partial charge is 0.220 e. The van der Waals surface area contributed by atoms with E-state index in [0.717, 1.165) is 38.5 Å². The van der Waals surface area contributed by atoms with Crippen LogP contribution < -0.4 is 5.32 Å². The number of amides is 1. The topological polar surface area (TPSA) is 69.6 Å². The maximum absolute atomic E-state index is 12.5. The van der Waals surface area contributed by atoms with Gasteiger partial charge < -0.3 is 15.5 Å². The van der Waals surface area contributed by atoms with E-state index in [1.54, 1.807) is 6.08 Å². The fourth-order valence-electron chi connectivity index (χ4n) is 9.92. The molecule has 0 heterocycles. The molecule has 0 aromatic carbocycles. The highest BCUT2D eigenvalue weighted by Crippen LogP contribution is 2.18. The third-order valence-electron chi connectivity index (χ3n) is 14.8. The van der Waals surface area contributed by atoms with E-state index >= 15 is 0 Å². The maximum atomic E-state index is 12.5. The molecule has 0 saturated heterocycles. The van der Waals surface area contributed by atoms with Gasteiger partial charge in [-0.05, 0) is 70.6 Å². The van der Waals surface area contributed by atoms with E-state index in [4.69, 9.17) is 0 Å². The van der Waals surface area contributed by atoms with Gasteiger partial charge in [-0.2, -0.15) is 0 Å². The number of hydrogen-bond donors (Lipinski definition) is 3. The van der Waals surface area contributed by atoms with E-state index < -0.39 is 12.1 Å². The third-order valence-corrected chi connectivity index (χ3v) is 14.8. The molecular weight excluding hydrogens is 855 g/mol. The quantitative estimate of drug-likeness (QED) is 0.0420. The number of aliphatic hydroxyl groups is 2. The number of hydrogen-bond acceptors (Lipinski definition) is 3. The molecule has 0 rings (SSSR count). The maximum Gasteiger partial charge on any atom is 0.220 e. The average Bonchev–Trinajstić information content (AvgIpc) is 3.36. The molecule has 0 bridgehead atoms. The van der Waals surface area contributed by atoms with Gasteiger partial charge in [0.1, 0.15) is 0 Å². The summed E-state index contributed by atoms with van der Waals surface area (Å²) in [6, 6.07) is -0.645. The first-order chi connectivity index (χ1) is 34.7. The highest BCUT2D eigenvalue weighted by molar-refractivity contribution is 5.76. The highest BCUT2D eigenvalue weighted by atomic mass is 16.3. The Hall–Kier alpha value is -1.65. The molecule has 0 aromatic heterocycles. The lowest BCUT2D eigenvalue weighted by Crippen LogP contribution is -2.45. The van der Waals surface area contributed by atoms with Gasteiger partial charge >= 0.3 is 0 Å². The normalized spacial score (nSPS) is 13.0. The summed E-state index contributed by atoms with van der Waals surface area (Å²) >= 11 is 0. The second-order valence-corrected chi connectivity index (χ2v) is 21.8. The molecule has 2 unspecified atom stereocenters. The van der Waals surface area contributed by atoms with Gasteiger partial charge in [-0.3, -0.25) is 4.79 Å². The lowest BCUT2D eigenvalue weighted by atomic mass is 10.0. The molecule has 412 valence electrons. The molecular formula is C66H125NO3. The summed E-state index contributed by atoms with van der Waals surface area (Å²) in [7, 11) is 0. The Morgan fingerprint density at radius 2 is 0.557 bits per heavy atom. The fraction of sp³-hybridized carbons (Fsp3) is 0.864. The van der Waals surface area contributed by atoms with Crippen LogP contribution in [0.25, 0.3) is 0 Å². The van der Waals surface area contributed by atoms with Gasteiger partial charge in [0.2, 0.25) is 5.91 Å². The summed E-state index contributed by atoms with van der Waals surface area (Å²) in [6.45, 7) is 4.32. The molecule has 2 atom stereocenters. The number of carbonyl (C=O) groups excluding carboxylic acids is 1. The zero-order chi connectivity index (χ0) is 50.6. The van der Waals surface area contributed by atoms with Crippen molar-refractivity contribution in [3.63, 3.8) is 0 Å². The van der Waals surface area contributed by atoms with Crippen molar-refractivity contribution in [3.8, 4) is 0 Å². The van der Waals surface area contributed by atoms with Gasteiger partial charge in [0, 0.05) is 6.42 Å². The predicted molar refractivity (Wildman–Crippen MR) is 313 cm³/mol. The van der Waals surface area contributed by atoms with Crippen LogP contribution in [-0.2, 0) is 4.79 Å². The first kappa shape index (κ1) is 68.4. The van der Waals surface area contributed by atoms with Crippen molar-refractivity contribution in [2.75, 3.05) is 6.61 Å². The number of aliphatic hydroxyl groups excluding tert-OH is 2. The van der Waals surface area contributed by atoms with E-state index in [1.807, 2.05) is 6.08 Å². The molecule has 0 saturated carbocycles. The van der Waals surface area contributed by atoms with Gasteiger partial charge in [-0.25, -0.2) is 0 Å². The molecule has 1 amide bonds. The van der Waals surface area contributed by atoms with Crippen molar-refractivity contribution in [2.45, 2.75) is 360 Å². The first-order valence-electron chi connectivity index (χ1n) is 31.9.